The first-order valence-electron chi connectivity index (χ1n) is 6.06. The van der Waals surface area contributed by atoms with Crippen molar-refractivity contribution in [3.8, 4) is 0 Å². The molecule has 0 aromatic heterocycles. The van der Waals surface area contributed by atoms with E-state index in [0.717, 1.165) is 0 Å². The number of hydrogen-bond acceptors (Lipinski definition) is 1. The Labute approximate surface area is 118 Å². The summed E-state index contributed by atoms with van der Waals surface area (Å²) in [4.78, 5) is 0. The van der Waals surface area contributed by atoms with Gasteiger partial charge < -0.3 is 5.32 Å². The highest BCUT2D eigenvalue weighted by Gasteiger charge is 2.28. The molecule has 6 heteroatoms. The highest BCUT2D eigenvalue weighted by atomic mass is 79.9. The topological polar surface area (TPSA) is 12.0 Å². The second kappa shape index (κ2) is 7.24. The Bertz CT molecular complexity index is 406. The van der Waals surface area contributed by atoms with Crippen LogP contribution in [0.15, 0.2) is 22.7 Å². The van der Waals surface area contributed by atoms with Crippen molar-refractivity contribution >= 4 is 15.9 Å². The van der Waals surface area contributed by atoms with Crippen LogP contribution in [0.25, 0.3) is 0 Å². The van der Waals surface area contributed by atoms with Crippen molar-refractivity contribution in [2.45, 2.75) is 38.4 Å². The molecule has 0 spiro atoms. The smallest absolute Gasteiger partial charge is 0.314 e. The Kier molecular flexibility index (Phi) is 6.26. The van der Waals surface area contributed by atoms with Crippen LogP contribution < -0.4 is 5.32 Å². The van der Waals surface area contributed by atoms with Gasteiger partial charge in [0.2, 0.25) is 0 Å². The summed E-state index contributed by atoms with van der Waals surface area (Å²) in [6.45, 7) is 2.41. The van der Waals surface area contributed by atoms with Crippen molar-refractivity contribution in [3.63, 3.8) is 0 Å². The SMILES string of the molecule is CCNC(CCC(F)(F)F)Cc1cc(F)ccc1Br. The minimum absolute atomic E-state index is 0.0136. The third kappa shape index (κ3) is 6.38. The number of alkyl halides is 3. The lowest BCUT2D eigenvalue weighted by Crippen LogP contribution is -2.32. The Balaban J connectivity index is 2.69. The van der Waals surface area contributed by atoms with Crippen molar-refractivity contribution in [2.24, 2.45) is 0 Å². The summed E-state index contributed by atoms with van der Waals surface area (Å²) >= 11 is 3.28. The molecule has 0 aliphatic rings. The molecule has 1 nitrogen and oxygen atoms in total. The normalized spacial score (nSPS) is 13.6. The Morgan fingerprint density at radius 2 is 2.00 bits per heavy atom. The van der Waals surface area contributed by atoms with Gasteiger partial charge in [0.25, 0.3) is 0 Å². The lowest BCUT2D eigenvalue weighted by molar-refractivity contribution is -0.136. The first-order chi connectivity index (χ1) is 8.81. The third-order valence-corrected chi connectivity index (χ3v) is 3.52. The molecule has 0 radical (unpaired) electrons. The molecule has 0 aliphatic carbocycles. The van der Waals surface area contributed by atoms with Gasteiger partial charge >= 0.3 is 6.18 Å². The van der Waals surface area contributed by atoms with Crippen molar-refractivity contribution in [3.05, 3.63) is 34.1 Å². The van der Waals surface area contributed by atoms with E-state index in [-0.39, 0.29) is 18.3 Å². The zero-order valence-corrected chi connectivity index (χ0v) is 12.1. The highest BCUT2D eigenvalue weighted by molar-refractivity contribution is 9.10. The fourth-order valence-corrected chi connectivity index (χ4v) is 2.28. The maximum Gasteiger partial charge on any atom is 0.389 e. The summed E-state index contributed by atoms with van der Waals surface area (Å²) in [5.74, 6) is -0.385. The van der Waals surface area contributed by atoms with Crippen LogP contribution in [0, 0.1) is 5.82 Å². The summed E-state index contributed by atoms with van der Waals surface area (Å²) in [5.41, 5.74) is 0.674. The Morgan fingerprint density at radius 1 is 1.32 bits per heavy atom. The first-order valence-corrected chi connectivity index (χ1v) is 6.85. The van der Waals surface area contributed by atoms with Gasteiger partial charge in [0, 0.05) is 16.9 Å². The van der Waals surface area contributed by atoms with Crippen LogP contribution in [-0.2, 0) is 6.42 Å². The number of benzene rings is 1. The second-order valence-electron chi connectivity index (χ2n) is 4.35. The van der Waals surface area contributed by atoms with E-state index in [2.05, 4.69) is 21.2 Å². The fourth-order valence-electron chi connectivity index (χ4n) is 1.87. The molecule has 0 amide bonds. The second-order valence-corrected chi connectivity index (χ2v) is 5.20. The zero-order chi connectivity index (χ0) is 14.5. The predicted octanol–water partition coefficient (Wildman–Crippen LogP) is 4.45. The van der Waals surface area contributed by atoms with Crippen LogP contribution in [-0.4, -0.2) is 18.8 Å². The van der Waals surface area contributed by atoms with E-state index in [1.54, 1.807) is 6.07 Å². The van der Waals surface area contributed by atoms with E-state index >= 15 is 0 Å². The van der Waals surface area contributed by atoms with Crippen LogP contribution >= 0.6 is 15.9 Å². The highest BCUT2D eigenvalue weighted by Crippen LogP contribution is 2.25. The molecule has 0 fully saturated rings. The van der Waals surface area contributed by atoms with Crippen molar-refractivity contribution in [1.29, 1.82) is 0 Å². The van der Waals surface area contributed by atoms with Gasteiger partial charge in [-0.15, -0.1) is 0 Å². The van der Waals surface area contributed by atoms with Gasteiger partial charge in [0.05, 0.1) is 0 Å². The van der Waals surface area contributed by atoms with Crippen LogP contribution in [0.1, 0.15) is 25.3 Å². The molecule has 108 valence electrons. The van der Waals surface area contributed by atoms with E-state index in [4.69, 9.17) is 0 Å². The van der Waals surface area contributed by atoms with Gasteiger partial charge in [-0.3, -0.25) is 0 Å². The molecule has 1 aromatic rings. The van der Waals surface area contributed by atoms with Crippen LogP contribution in [0.5, 0.6) is 0 Å². The lowest BCUT2D eigenvalue weighted by Gasteiger charge is -2.19. The number of likely N-dealkylation sites (N-methyl/N-ethyl adjacent to an activating group) is 1. The summed E-state index contributed by atoms with van der Waals surface area (Å²) < 4.78 is 50.6. The molecule has 1 aromatic carbocycles. The van der Waals surface area contributed by atoms with E-state index in [9.17, 15) is 17.6 Å². The van der Waals surface area contributed by atoms with Gasteiger partial charge in [-0.1, -0.05) is 22.9 Å². The minimum Gasteiger partial charge on any atom is -0.314 e. The maximum atomic E-state index is 13.1. The van der Waals surface area contributed by atoms with Crippen LogP contribution in [0.3, 0.4) is 0 Å². The summed E-state index contributed by atoms with van der Waals surface area (Å²) in [6.07, 6.45) is -4.65. The number of halogens is 5. The largest absolute Gasteiger partial charge is 0.389 e. The molecule has 1 unspecified atom stereocenters. The maximum absolute atomic E-state index is 13.1. The lowest BCUT2D eigenvalue weighted by atomic mass is 10.0. The Hall–Kier alpha value is -0.620. The van der Waals surface area contributed by atoms with Gasteiger partial charge in [-0.25, -0.2) is 4.39 Å². The molecule has 1 atom stereocenters. The van der Waals surface area contributed by atoms with E-state index in [1.165, 1.54) is 12.1 Å². The monoisotopic (exact) mass is 341 g/mol. The molecule has 0 bridgehead atoms. The van der Waals surface area contributed by atoms with Gasteiger partial charge in [0.1, 0.15) is 5.82 Å². The summed E-state index contributed by atoms with van der Waals surface area (Å²) in [7, 11) is 0. The minimum atomic E-state index is -4.16. The van der Waals surface area contributed by atoms with Crippen molar-refractivity contribution in [2.75, 3.05) is 6.54 Å². The molecule has 0 heterocycles. The van der Waals surface area contributed by atoms with Crippen LogP contribution in [0.4, 0.5) is 17.6 Å². The van der Waals surface area contributed by atoms with Crippen molar-refractivity contribution < 1.29 is 17.6 Å². The molecule has 1 rings (SSSR count). The summed E-state index contributed by atoms with van der Waals surface area (Å²) in [5, 5.41) is 3.01. The van der Waals surface area contributed by atoms with Crippen molar-refractivity contribution in [1.82, 2.24) is 5.32 Å². The molecular formula is C13H16BrF4N. The molecule has 0 aliphatic heterocycles. The average Bonchev–Trinajstić information content (AvgIpc) is 2.30. The molecule has 1 N–H and O–H groups in total. The number of hydrogen-bond donors (Lipinski definition) is 1. The molecule has 0 saturated carbocycles. The quantitative estimate of drug-likeness (QED) is 0.753. The van der Waals surface area contributed by atoms with Gasteiger partial charge in [-0.2, -0.15) is 13.2 Å². The fraction of sp³-hybridized carbons (Fsp3) is 0.538. The average molecular weight is 342 g/mol. The number of nitrogens with one attached hydrogen (secondary N) is 1. The van der Waals surface area contributed by atoms with Gasteiger partial charge in [-0.05, 0) is 43.1 Å². The zero-order valence-electron chi connectivity index (χ0n) is 10.5. The van der Waals surface area contributed by atoms with Gasteiger partial charge in [0.15, 0.2) is 0 Å². The molecule has 0 saturated heterocycles. The Morgan fingerprint density at radius 3 is 2.58 bits per heavy atom. The van der Waals surface area contributed by atoms with E-state index in [0.29, 0.717) is 23.0 Å². The summed E-state index contributed by atoms with van der Waals surface area (Å²) in [6, 6.07) is 3.91. The first kappa shape index (κ1) is 16.4. The predicted molar refractivity (Wildman–Crippen MR) is 70.6 cm³/mol. The van der Waals surface area contributed by atoms with E-state index < -0.39 is 12.6 Å². The molecule has 19 heavy (non-hydrogen) atoms. The third-order valence-electron chi connectivity index (χ3n) is 2.74. The van der Waals surface area contributed by atoms with E-state index in [1.807, 2.05) is 6.92 Å². The molecular weight excluding hydrogens is 326 g/mol. The standard InChI is InChI=1S/C13H16BrF4N/c1-2-19-11(5-6-13(16,17)18)8-9-7-10(15)3-4-12(9)14/h3-4,7,11,19H,2,5-6,8H2,1H3. The van der Waals surface area contributed by atoms with Crippen LogP contribution in [0.2, 0.25) is 0 Å². The number of rotatable bonds is 6.